The molecule has 8 heteroatoms. The number of rotatable bonds is 16. The predicted molar refractivity (Wildman–Crippen MR) is 98.4 cm³/mol. The van der Waals surface area contributed by atoms with E-state index in [0.717, 1.165) is 64.2 Å². The third kappa shape index (κ3) is 9.85. The molecule has 0 bridgehead atoms. The highest BCUT2D eigenvalue weighted by Gasteiger charge is 2.48. The van der Waals surface area contributed by atoms with E-state index in [2.05, 4.69) is 11.8 Å². The predicted octanol–water partition coefficient (Wildman–Crippen LogP) is 4.12. The lowest BCUT2D eigenvalue weighted by molar-refractivity contribution is -0.234. The molecule has 0 radical (unpaired) electrons. The van der Waals surface area contributed by atoms with Gasteiger partial charge in [0.05, 0.1) is 6.10 Å². The molecule has 3 atom stereocenters. The van der Waals surface area contributed by atoms with Gasteiger partial charge in [0.2, 0.25) is 0 Å². The van der Waals surface area contributed by atoms with Gasteiger partial charge < -0.3 is 9.62 Å². The molecule has 0 saturated carbocycles. The third-order valence-corrected chi connectivity index (χ3v) is 6.20. The van der Waals surface area contributed by atoms with Crippen molar-refractivity contribution in [3.8, 4) is 0 Å². The maximum absolute atomic E-state index is 11.6. The number of hydrogen-bond acceptors (Lipinski definition) is 6. The highest BCUT2D eigenvalue weighted by molar-refractivity contribution is 7.86. The average Bonchev–Trinajstić information content (AvgIpc) is 3.34. The van der Waals surface area contributed by atoms with Crippen molar-refractivity contribution in [2.24, 2.45) is 0 Å². The first kappa shape index (κ1) is 23.3. The smallest absolute Gasteiger partial charge is 0.342 e. The number of hydrogen-bond donors (Lipinski definition) is 2. The molecule has 2 N–H and O–H groups in total. The first-order valence-corrected chi connectivity index (χ1v) is 11.4. The maximum atomic E-state index is 11.6. The van der Waals surface area contributed by atoms with Crippen molar-refractivity contribution >= 4 is 16.1 Å². The summed E-state index contributed by atoms with van der Waals surface area (Å²) in [6.45, 7) is 2.13. The van der Waals surface area contributed by atoms with Crippen LogP contribution in [0.2, 0.25) is 0 Å². The van der Waals surface area contributed by atoms with Gasteiger partial charge in [0.1, 0.15) is 11.4 Å². The standard InChI is InChI=1S/C18H34O7S/c1-2-3-4-6-10-13-16(26(21,22)23)18-15(24-18)12-9-7-5-8-11-14-17(19)25-20/h15-16,18,20H,2-14H2,1H3,(H,21,22,23). The minimum Gasteiger partial charge on any atom is -0.368 e. The second kappa shape index (κ2) is 12.6. The molecule has 7 nitrogen and oxygen atoms in total. The van der Waals surface area contributed by atoms with Gasteiger partial charge in [-0.15, -0.1) is 0 Å². The van der Waals surface area contributed by atoms with Gasteiger partial charge in [0, 0.05) is 6.42 Å². The topological polar surface area (TPSA) is 113 Å². The second-order valence-corrected chi connectivity index (χ2v) is 8.80. The van der Waals surface area contributed by atoms with E-state index in [-0.39, 0.29) is 18.6 Å². The Morgan fingerprint density at radius 1 is 1.04 bits per heavy atom. The van der Waals surface area contributed by atoms with Crippen LogP contribution in [0.25, 0.3) is 0 Å². The van der Waals surface area contributed by atoms with Gasteiger partial charge in [-0.25, -0.2) is 4.79 Å². The molecule has 1 fully saturated rings. The van der Waals surface area contributed by atoms with Gasteiger partial charge in [0.25, 0.3) is 10.1 Å². The third-order valence-electron chi connectivity index (χ3n) is 4.93. The SMILES string of the molecule is CCCCCCCC(C1OC1CCCCCCCC(=O)OO)S(=O)(=O)O. The molecule has 1 heterocycles. The Morgan fingerprint density at radius 2 is 1.65 bits per heavy atom. The van der Waals surface area contributed by atoms with Gasteiger partial charge in [0.15, 0.2) is 0 Å². The molecule has 26 heavy (non-hydrogen) atoms. The summed E-state index contributed by atoms with van der Waals surface area (Å²) in [5.74, 6) is -0.606. The Kier molecular flexibility index (Phi) is 11.4. The fraction of sp³-hybridized carbons (Fsp3) is 0.944. The van der Waals surface area contributed by atoms with Crippen LogP contribution in [0.15, 0.2) is 0 Å². The molecule has 1 aliphatic heterocycles. The quantitative estimate of drug-likeness (QED) is 0.133. The average molecular weight is 395 g/mol. The second-order valence-electron chi connectivity index (χ2n) is 7.17. The molecule has 1 aliphatic rings. The monoisotopic (exact) mass is 394 g/mol. The zero-order valence-corrected chi connectivity index (χ0v) is 16.6. The summed E-state index contributed by atoms with van der Waals surface area (Å²) in [7, 11) is -4.07. The number of epoxide rings is 1. The number of ether oxygens (including phenoxy) is 1. The van der Waals surface area contributed by atoms with Gasteiger partial charge >= 0.3 is 5.97 Å². The van der Waals surface area contributed by atoms with E-state index in [1.165, 1.54) is 0 Å². The summed E-state index contributed by atoms with van der Waals surface area (Å²) >= 11 is 0. The number of carbonyl (C=O) groups is 1. The summed E-state index contributed by atoms with van der Waals surface area (Å²) in [6, 6.07) is 0. The van der Waals surface area contributed by atoms with E-state index >= 15 is 0 Å². The maximum Gasteiger partial charge on any atom is 0.342 e. The largest absolute Gasteiger partial charge is 0.368 e. The van der Waals surface area contributed by atoms with Crippen molar-refractivity contribution in [1.82, 2.24) is 0 Å². The van der Waals surface area contributed by atoms with E-state index in [9.17, 15) is 17.8 Å². The molecular weight excluding hydrogens is 360 g/mol. The molecule has 0 aliphatic carbocycles. The van der Waals surface area contributed by atoms with E-state index in [1.54, 1.807) is 0 Å². The van der Waals surface area contributed by atoms with E-state index in [1.807, 2.05) is 0 Å². The zero-order valence-electron chi connectivity index (χ0n) is 15.8. The molecular formula is C18H34O7S. The normalized spacial score (nSPS) is 20.7. The summed E-state index contributed by atoms with van der Waals surface area (Å²) in [4.78, 5) is 14.3. The van der Waals surface area contributed by atoms with Crippen LogP contribution in [-0.4, -0.2) is 41.7 Å². The highest BCUT2D eigenvalue weighted by atomic mass is 32.2. The molecule has 1 saturated heterocycles. The van der Waals surface area contributed by atoms with E-state index in [4.69, 9.17) is 9.99 Å². The fourth-order valence-electron chi connectivity index (χ4n) is 3.34. The Morgan fingerprint density at radius 3 is 2.31 bits per heavy atom. The molecule has 0 spiro atoms. The van der Waals surface area contributed by atoms with Crippen LogP contribution in [0, 0.1) is 0 Å². The van der Waals surface area contributed by atoms with Crippen molar-refractivity contribution in [2.45, 2.75) is 108 Å². The van der Waals surface area contributed by atoms with E-state index < -0.39 is 21.3 Å². The first-order valence-electron chi connectivity index (χ1n) is 9.86. The van der Waals surface area contributed by atoms with Crippen LogP contribution in [0.1, 0.15) is 90.4 Å². The summed E-state index contributed by atoms with van der Waals surface area (Å²) < 4.78 is 38.3. The summed E-state index contributed by atoms with van der Waals surface area (Å²) in [5.41, 5.74) is 0. The minimum atomic E-state index is -4.07. The van der Waals surface area contributed by atoms with Crippen LogP contribution in [0.3, 0.4) is 0 Å². The molecule has 1 rings (SSSR count). The lowest BCUT2D eigenvalue weighted by Crippen LogP contribution is -2.27. The van der Waals surface area contributed by atoms with Crippen molar-refractivity contribution < 1.29 is 32.6 Å². The number of unbranched alkanes of at least 4 members (excludes halogenated alkanes) is 8. The van der Waals surface area contributed by atoms with Gasteiger partial charge in [-0.3, -0.25) is 4.55 Å². The van der Waals surface area contributed by atoms with E-state index in [0.29, 0.717) is 12.8 Å². The van der Waals surface area contributed by atoms with Crippen LogP contribution >= 0.6 is 0 Å². The van der Waals surface area contributed by atoms with Crippen molar-refractivity contribution in [3.63, 3.8) is 0 Å². The van der Waals surface area contributed by atoms with Crippen molar-refractivity contribution in [1.29, 1.82) is 0 Å². The van der Waals surface area contributed by atoms with Crippen molar-refractivity contribution in [2.75, 3.05) is 0 Å². The van der Waals surface area contributed by atoms with Crippen molar-refractivity contribution in [3.05, 3.63) is 0 Å². The number of carbonyl (C=O) groups excluding carboxylic acids is 1. The summed E-state index contributed by atoms with van der Waals surface area (Å²) in [6.07, 6.45) is 10.7. The fourth-order valence-corrected chi connectivity index (χ4v) is 4.38. The van der Waals surface area contributed by atoms with Crippen LogP contribution < -0.4 is 0 Å². The Balaban J connectivity index is 2.15. The molecule has 0 aromatic rings. The van der Waals surface area contributed by atoms with Crippen LogP contribution in [-0.2, 0) is 24.5 Å². The molecule has 154 valence electrons. The van der Waals surface area contributed by atoms with Crippen LogP contribution in [0.5, 0.6) is 0 Å². The zero-order chi connectivity index (χ0) is 19.4. The highest BCUT2D eigenvalue weighted by Crippen LogP contribution is 2.35. The Hall–Kier alpha value is -0.700. The molecule has 0 amide bonds. The summed E-state index contributed by atoms with van der Waals surface area (Å²) in [5, 5.41) is 7.35. The molecule has 0 aromatic heterocycles. The van der Waals surface area contributed by atoms with Gasteiger partial charge in [-0.05, 0) is 19.3 Å². The first-order chi connectivity index (χ1) is 12.4. The molecule has 0 aromatic carbocycles. The minimum absolute atomic E-state index is 0.0677. The molecule has 3 unspecified atom stereocenters. The lowest BCUT2D eigenvalue weighted by atomic mass is 10.0. The Labute approximate surface area is 157 Å². The van der Waals surface area contributed by atoms with Crippen LogP contribution in [0.4, 0.5) is 0 Å². The van der Waals surface area contributed by atoms with Gasteiger partial charge in [-0.1, -0.05) is 64.7 Å². The lowest BCUT2D eigenvalue weighted by Gasteiger charge is -2.11. The van der Waals surface area contributed by atoms with Gasteiger partial charge in [-0.2, -0.15) is 13.7 Å². The Bertz CT molecular complexity index is 492.